The maximum absolute atomic E-state index is 12.4. The number of carbonyl (C=O) groups is 1. The predicted molar refractivity (Wildman–Crippen MR) is 111 cm³/mol. The van der Waals surface area contributed by atoms with Crippen LogP contribution in [0.2, 0.25) is 5.02 Å². The molecule has 2 N–H and O–H groups in total. The van der Waals surface area contributed by atoms with E-state index >= 15 is 0 Å². The normalized spacial score (nSPS) is 11.2. The largest absolute Gasteiger partial charge is 0.296 e. The summed E-state index contributed by atoms with van der Waals surface area (Å²) in [7, 11) is -4.00. The van der Waals surface area contributed by atoms with Crippen LogP contribution in [0.3, 0.4) is 0 Å². The number of carbonyl (C=O) groups excluding carboxylic acids is 1. The molecule has 3 aromatic rings. The van der Waals surface area contributed by atoms with Crippen LogP contribution in [0, 0.1) is 0 Å². The highest BCUT2D eigenvalue weighted by atomic mass is 35.5. The van der Waals surface area contributed by atoms with E-state index in [0.717, 1.165) is 11.3 Å². The summed E-state index contributed by atoms with van der Waals surface area (Å²) in [4.78, 5) is 12.2. The van der Waals surface area contributed by atoms with E-state index in [4.69, 9.17) is 11.6 Å². The standard InChI is InChI=1S/C14H11ClN6O3S4/c1-2-7-25-13-19-18-12(26-13)21-28(23,24)14-20-17-11(27-14)16-10(22)8-3-5-9(15)6-4-8/h2-6H,1,7H2,(H,18,21)(H,16,17,22). The summed E-state index contributed by atoms with van der Waals surface area (Å²) in [5.41, 5.74) is 0.348. The molecule has 0 aliphatic rings. The molecule has 0 saturated carbocycles. The lowest BCUT2D eigenvalue weighted by Crippen LogP contribution is -2.12. The highest BCUT2D eigenvalue weighted by Gasteiger charge is 2.23. The third kappa shape index (κ3) is 5.26. The maximum Gasteiger partial charge on any atom is 0.293 e. The van der Waals surface area contributed by atoms with Gasteiger partial charge in [-0.15, -0.1) is 27.0 Å². The average Bonchev–Trinajstić information content (AvgIpc) is 3.30. The van der Waals surface area contributed by atoms with Gasteiger partial charge < -0.3 is 0 Å². The lowest BCUT2D eigenvalue weighted by Gasteiger charge is -2.01. The van der Waals surface area contributed by atoms with Crippen molar-refractivity contribution in [1.29, 1.82) is 0 Å². The number of nitrogens with one attached hydrogen (secondary N) is 2. The van der Waals surface area contributed by atoms with Crippen molar-refractivity contribution >= 4 is 72.2 Å². The van der Waals surface area contributed by atoms with Crippen LogP contribution in [0.5, 0.6) is 0 Å². The van der Waals surface area contributed by atoms with Crippen LogP contribution in [0.4, 0.5) is 10.3 Å². The quantitative estimate of drug-likeness (QED) is 0.289. The molecule has 0 radical (unpaired) electrons. The molecule has 9 nitrogen and oxygen atoms in total. The van der Waals surface area contributed by atoms with Crippen LogP contribution in [-0.4, -0.2) is 40.5 Å². The van der Waals surface area contributed by atoms with E-state index in [-0.39, 0.29) is 14.6 Å². The summed E-state index contributed by atoms with van der Waals surface area (Å²) in [6.45, 7) is 3.60. The Morgan fingerprint density at radius 2 is 1.86 bits per heavy atom. The number of benzene rings is 1. The fraction of sp³-hybridized carbons (Fsp3) is 0.0714. The second-order valence-corrected chi connectivity index (χ2v) is 10.4. The first-order valence-corrected chi connectivity index (χ1v) is 11.9. The van der Waals surface area contributed by atoms with Gasteiger partial charge in [-0.3, -0.25) is 14.8 Å². The molecule has 0 spiro atoms. The SMILES string of the molecule is C=CCSc1nnc(NS(=O)(=O)c2nnc(NC(=O)c3ccc(Cl)cc3)s2)s1. The third-order valence-corrected chi connectivity index (χ3v) is 7.81. The number of aromatic nitrogens is 4. The van der Waals surface area contributed by atoms with Gasteiger partial charge in [0, 0.05) is 16.3 Å². The zero-order valence-electron chi connectivity index (χ0n) is 13.8. The zero-order chi connectivity index (χ0) is 20.1. The molecule has 0 unspecified atom stereocenters. The van der Waals surface area contributed by atoms with Crippen molar-refractivity contribution in [3.8, 4) is 0 Å². The molecule has 0 aliphatic heterocycles. The number of hydrogen-bond acceptors (Lipinski definition) is 10. The number of sulfonamides is 1. The molecule has 2 aromatic heterocycles. The maximum atomic E-state index is 12.4. The molecule has 14 heteroatoms. The van der Waals surface area contributed by atoms with Crippen LogP contribution in [0.25, 0.3) is 0 Å². The molecule has 1 amide bonds. The van der Waals surface area contributed by atoms with Crippen LogP contribution in [0.15, 0.2) is 45.6 Å². The monoisotopic (exact) mass is 474 g/mol. The molecule has 1 aromatic carbocycles. The number of amides is 1. The molecular weight excluding hydrogens is 464 g/mol. The first kappa shape index (κ1) is 20.7. The lowest BCUT2D eigenvalue weighted by atomic mass is 10.2. The van der Waals surface area contributed by atoms with Crippen molar-refractivity contribution in [3.05, 3.63) is 47.5 Å². The van der Waals surface area contributed by atoms with Gasteiger partial charge in [0.25, 0.3) is 20.3 Å². The minimum Gasteiger partial charge on any atom is -0.296 e. The molecule has 0 saturated heterocycles. The minimum absolute atomic E-state index is 0.0415. The second kappa shape index (κ2) is 8.96. The third-order valence-electron chi connectivity index (χ3n) is 2.92. The number of thioether (sulfide) groups is 1. The fourth-order valence-corrected chi connectivity index (χ4v) is 5.50. The molecular formula is C14H11ClN6O3S4. The summed E-state index contributed by atoms with van der Waals surface area (Å²) in [6.07, 6.45) is 1.71. The van der Waals surface area contributed by atoms with Gasteiger partial charge in [0.05, 0.1) is 0 Å². The number of halogens is 1. The summed E-state index contributed by atoms with van der Waals surface area (Å²) in [5, 5.41) is 18.1. The summed E-state index contributed by atoms with van der Waals surface area (Å²) >= 11 is 8.97. The van der Waals surface area contributed by atoms with E-state index in [0.29, 0.717) is 32.0 Å². The van der Waals surface area contributed by atoms with Crippen LogP contribution >= 0.6 is 46.0 Å². The van der Waals surface area contributed by atoms with E-state index in [9.17, 15) is 13.2 Å². The average molecular weight is 475 g/mol. The molecule has 146 valence electrons. The van der Waals surface area contributed by atoms with Crippen molar-refractivity contribution in [2.45, 2.75) is 8.68 Å². The Balaban J connectivity index is 1.67. The first-order chi connectivity index (χ1) is 13.4. The zero-order valence-corrected chi connectivity index (χ0v) is 17.8. The predicted octanol–water partition coefficient (Wildman–Crippen LogP) is 3.37. The van der Waals surface area contributed by atoms with E-state index in [1.54, 1.807) is 18.2 Å². The van der Waals surface area contributed by atoms with Crippen LogP contribution in [0.1, 0.15) is 10.4 Å². The van der Waals surface area contributed by atoms with Gasteiger partial charge in [0.1, 0.15) is 0 Å². The van der Waals surface area contributed by atoms with E-state index < -0.39 is 15.9 Å². The molecule has 0 bridgehead atoms. The number of hydrogen-bond donors (Lipinski definition) is 2. The van der Waals surface area contributed by atoms with Crippen LogP contribution < -0.4 is 10.0 Å². The summed E-state index contributed by atoms with van der Waals surface area (Å²) in [6, 6.07) is 6.21. The first-order valence-electron chi connectivity index (χ1n) is 7.38. The number of rotatable bonds is 8. The van der Waals surface area contributed by atoms with E-state index in [1.807, 2.05) is 0 Å². The summed E-state index contributed by atoms with van der Waals surface area (Å²) in [5.74, 6) is 0.173. The molecule has 0 fully saturated rings. The van der Waals surface area contributed by atoms with Gasteiger partial charge in [0.2, 0.25) is 10.3 Å². The number of anilines is 2. The Hall–Kier alpha value is -2.06. The molecule has 3 rings (SSSR count). The van der Waals surface area contributed by atoms with Crippen molar-refractivity contribution in [1.82, 2.24) is 20.4 Å². The Labute approximate surface area is 177 Å². The smallest absolute Gasteiger partial charge is 0.293 e. The fourth-order valence-electron chi connectivity index (χ4n) is 1.74. The second-order valence-electron chi connectivity index (χ2n) is 4.91. The van der Waals surface area contributed by atoms with Gasteiger partial charge in [0.15, 0.2) is 4.34 Å². The summed E-state index contributed by atoms with van der Waals surface area (Å²) < 4.78 is 27.4. The van der Waals surface area contributed by atoms with Gasteiger partial charge in [-0.2, -0.15) is 8.42 Å². The topological polar surface area (TPSA) is 127 Å². The molecule has 2 heterocycles. The van der Waals surface area contributed by atoms with Gasteiger partial charge >= 0.3 is 0 Å². The minimum atomic E-state index is -4.00. The highest BCUT2D eigenvalue weighted by molar-refractivity contribution is 8.01. The Morgan fingerprint density at radius 1 is 1.14 bits per heavy atom. The van der Waals surface area contributed by atoms with E-state index in [2.05, 4.69) is 37.0 Å². The van der Waals surface area contributed by atoms with Crippen molar-refractivity contribution < 1.29 is 13.2 Å². The highest BCUT2D eigenvalue weighted by Crippen LogP contribution is 2.28. The van der Waals surface area contributed by atoms with Gasteiger partial charge in [-0.1, -0.05) is 52.1 Å². The van der Waals surface area contributed by atoms with E-state index in [1.165, 1.54) is 23.9 Å². The molecule has 28 heavy (non-hydrogen) atoms. The Morgan fingerprint density at radius 3 is 2.57 bits per heavy atom. The van der Waals surface area contributed by atoms with Crippen molar-refractivity contribution in [2.75, 3.05) is 15.8 Å². The van der Waals surface area contributed by atoms with Crippen molar-refractivity contribution in [2.24, 2.45) is 0 Å². The van der Waals surface area contributed by atoms with Gasteiger partial charge in [-0.05, 0) is 24.3 Å². The lowest BCUT2D eigenvalue weighted by molar-refractivity contribution is 0.102. The molecule has 0 aliphatic carbocycles. The Kier molecular flexibility index (Phi) is 6.61. The molecule has 0 atom stereocenters. The van der Waals surface area contributed by atoms with Crippen LogP contribution in [-0.2, 0) is 10.0 Å². The number of nitrogens with zero attached hydrogens (tertiary/aromatic N) is 4. The van der Waals surface area contributed by atoms with Gasteiger partial charge in [-0.25, -0.2) is 0 Å². The van der Waals surface area contributed by atoms with Crippen molar-refractivity contribution in [3.63, 3.8) is 0 Å². The Bertz CT molecular complexity index is 1100.